The quantitative estimate of drug-likeness (QED) is 0.791. The Bertz CT molecular complexity index is 750. The van der Waals surface area contributed by atoms with Crippen LogP contribution in [0.5, 0.6) is 0 Å². The van der Waals surface area contributed by atoms with Gasteiger partial charge in [-0.1, -0.05) is 38.1 Å². The van der Waals surface area contributed by atoms with Gasteiger partial charge in [-0.15, -0.1) is 11.3 Å². The van der Waals surface area contributed by atoms with Crippen LogP contribution in [0.25, 0.3) is 16.2 Å². The summed E-state index contributed by atoms with van der Waals surface area (Å²) in [6, 6.07) is 8.85. The van der Waals surface area contributed by atoms with E-state index in [1.54, 1.807) is 11.3 Å². The average Bonchev–Trinajstić information content (AvgIpc) is 3.00. The van der Waals surface area contributed by atoms with Gasteiger partial charge in [-0.2, -0.15) is 0 Å². The van der Waals surface area contributed by atoms with E-state index in [-0.39, 0.29) is 0 Å². The zero-order chi connectivity index (χ0) is 15.0. The minimum Gasteiger partial charge on any atom is -0.330 e. The molecular weight excluding hydrogens is 278 g/mol. The first-order valence-electron chi connectivity index (χ1n) is 7.37. The van der Waals surface area contributed by atoms with Crippen LogP contribution in [-0.2, 0) is 6.42 Å². The van der Waals surface area contributed by atoms with Crippen LogP contribution in [-0.4, -0.2) is 15.9 Å². The van der Waals surface area contributed by atoms with Crippen molar-refractivity contribution in [2.45, 2.75) is 33.1 Å². The van der Waals surface area contributed by atoms with Crippen molar-refractivity contribution >= 4 is 16.3 Å². The summed E-state index contributed by atoms with van der Waals surface area (Å²) in [6.45, 7) is 7.15. The van der Waals surface area contributed by atoms with Gasteiger partial charge >= 0.3 is 0 Å². The molecule has 0 saturated carbocycles. The summed E-state index contributed by atoms with van der Waals surface area (Å²) < 4.78 is 2.26. The van der Waals surface area contributed by atoms with E-state index in [0.717, 1.165) is 17.1 Å². The number of fused-ring (bicyclic) bond motifs is 1. The molecule has 0 radical (unpaired) electrons. The summed E-state index contributed by atoms with van der Waals surface area (Å²) >= 11 is 1.69. The molecule has 2 heterocycles. The van der Waals surface area contributed by atoms with Crippen molar-refractivity contribution in [2.75, 3.05) is 6.54 Å². The molecule has 0 spiro atoms. The lowest BCUT2D eigenvalue weighted by atomic mass is 10.0. The summed E-state index contributed by atoms with van der Waals surface area (Å²) in [6.07, 6.45) is 0.862. The number of hydrogen-bond acceptors (Lipinski definition) is 3. The third-order valence-corrected chi connectivity index (χ3v) is 4.74. The molecule has 1 aromatic carbocycles. The Morgan fingerprint density at radius 3 is 2.57 bits per heavy atom. The lowest BCUT2D eigenvalue weighted by molar-refractivity contribution is 0.866. The predicted molar refractivity (Wildman–Crippen MR) is 90.1 cm³/mol. The molecule has 3 rings (SSSR count). The standard InChI is InChI=1S/C17H21N3S/c1-11(2)13-4-6-14(7-5-13)16-10-21-17-19-12(3)15(8-9-18)20(16)17/h4-7,10-11H,8-9,18H2,1-3H3. The highest BCUT2D eigenvalue weighted by molar-refractivity contribution is 7.15. The summed E-state index contributed by atoms with van der Waals surface area (Å²) in [4.78, 5) is 5.70. The van der Waals surface area contributed by atoms with Gasteiger partial charge in [0.1, 0.15) is 0 Å². The topological polar surface area (TPSA) is 43.3 Å². The fourth-order valence-corrected chi connectivity index (χ4v) is 3.65. The highest BCUT2D eigenvalue weighted by Gasteiger charge is 2.14. The van der Waals surface area contributed by atoms with E-state index in [9.17, 15) is 0 Å². The van der Waals surface area contributed by atoms with E-state index >= 15 is 0 Å². The van der Waals surface area contributed by atoms with Crippen molar-refractivity contribution in [1.82, 2.24) is 9.38 Å². The summed E-state index contributed by atoms with van der Waals surface area (Å²) in [5.74, 6) is 0.560. The van der Waals surface area contributed by atoms with Gasteiger partial charge in [0.2, 0.25) is 0 Å². The SMILES string of the molecule is Cc1nc2scc(-c3ccc(C(C)C)cc3)n2c1CCN. The maximum atomic E-state index is 5.75. The van der Waals surface area contributed by atoms with Crippen LogP contribution in [0.4, 0.5) is 0 Å². The summed E-state index contributed by atoms with van der Waals surface area (Å²) in [7, 11) is 0. The number of imidazole rings is 1. The van der Waals surface area contributed by atoms with E-state index in [4.69, 9.17) is 5.73 Å². The molecule has 3 nitrogen and oxygen atoms in total. The second-order valence-electron chi connectivity index (χ2n) is 5.70. The Labute approximate surface area is 129 Å². The number of aryl methyl sites for hydroxylation is 1. The van der Waals surface area contributed by atoms with Crippen LogP contribution in [0, 0.1) is 6.92 Å². The van der Waals surface area contributed by atoms with Crippen LogP contribution in [0.1, 0.15) is 36.7 Å². The minimum atomic E-state index is 0.560. The monoisotopic (exact) mass is 299 g/mol. The van der Waals surface area contributed by atoms with Gasteiger partial charge in [0.05, 0.1) is 11.4 Å². The highest BCUT2D eigenvalue weighted by Crippen LogP contribution is 2.30. The highest BCUT2D eigenvalue weighted by atomic mass is 32.1. The van der Waals surface area contributed by atoms with Crippen molar-refractivity contribution in [3.63, 3.8) is 0 Å². The lowest BCUT2D eigenvalue weighted by Crippen LogP contribution is -2.06. The van der Waals surface area contributed by atoms with Gasteiger partial charge in [0, 0.05) is 17.5 Å². The van der Waals surface area contributed by atoms with E-state index in [1.807, 2.05) is 0 Å². The van der Waals surface area contributed by atoms with Crippen molar-refractivity contribution in [3.8, 4) is 11.3 Å². The molecule has 2 aromatic heterocycles. The van der Waals surface area contributed by atoms with Crippen molar-refractivity contribution in [2.24, 2.45) is 5.73 Å². The molecule has 0 saturated heterocycles. The molecule has 0 unspecified atom stereocenters. The van der Waals surface area contributed by atoms with Gasteiger partial charge in [0.25, 0.3) is 0 Å². The van der Waals surface area contributed by atoms with Gasteiger partial charge < -0.3 is 5.73 Å². The van der Waals surface area contributed by atoms with Crippen molar-refractivity contribution in [1.29, 1.82) is 0 Å². The molecule has 0 atom stereocenters. The van der Waals surface area contributed by atoms with Crippen LogP contribution in [0.2, 0.25) is 0 Å². The molecule has 3 aromatic rings. The summed E-state index contributed by atoms with van der Waals surface area (Å²) in [5, 5.41) is 2.19. The zero-order valence-electron chi connectivity index (χ0n) is 12.8. The molecule has 0 aliphatic heterocycles. The number of thiazole rings is 1. The third-order valence-electron chi connectivity index (χ3n) is 3.91. The number of benzene rings is 1. The second-order valence-corrected chi connectivity index (χ2v) is 6.53. The smallest absolute Gasteiger partial charge is 0.194 e. The molecule has 2 N–H and O–H groups in total. The normalized spacial score (nSPS) is 11.7. The molecule has 0 aliphatic carbocycles. The number of rotatable bonds is 4. The first kappa shape index (κ1) is 14.3. The van der Waals surface area contributed by atoms with E-state index < -0.39 is 0 Å². The van der Waals surface area contributed by atoms with Gasteiger partial charge in [0.15, 0.2) is 4.96 Å². The summed E-state index contributed by atoms with van der Waals surface area (Å²) in [5.41, 5.74) is 11.9. The fraction of sp³-hybridized carbons (Fsp3) is 0.353. The lowest BCUT2D eigenvalue weighted by Gasteiger charge is -2.08. The van der Waals surface area contributed by atoms with Gasteiger partial charge in [-0.05, 0) is 30.5 Å². The Morgan fingerprint density at radius 2 is 1.95 bits per heavy atom. The third kappa shape index (κ3) is 2.49. The first-order valence-corrected chi connectivity index (χ1v) is 8.25. The second kappa shape index (κ2) is 5.62. The molecule has 21 heavy (non-hydrogen) atoms. The Balaban J connectivity index is 2.11. The Morgan fingerprint density at radius 1 is 1.24 bits per heavy atom. The fourth-order valence-electron chi connectivity index (χ4n) is 2.69. The first-order chi connectivity index (χ1) is 10.1. The maximum Gasteiger partial charge on any atom is 0.194 e. The molecule has 0 amide bonds. The number of nitrogens with zero attached hydrogens (tertiary/aromatic N) is 2. The van der Waals surface area contributed by atoms with Crippen molar-refractivity contribution in [3.05, 3.63) is 46.6 Å². The van der Waals surface area contributed by atoms with Crippen LogP contribution >= 0.6 is 11.3 Å². The maximum absolute atomic E-state index is 5.75. The van der Waals surface area contributed by atoms with E-state index in [0.29, 0.717) is 12.5 Å². The molecule has 0 bridgehead atoms. The number of hydrogen-bond donors (Lipinski definition) is 1. The van der Waals surface area contributed by atoms with Crippen LogP contribution in [0.15, 0.2) is 29.6 Å². The predicted octanol–water partition coefficient (Wildman–Crippen LogP) is 4.00. The van der Waals surface area contributed by atoms with Crippen molar-refractivity contribution < 1.29 is 0 Å². The average molecular weight is 299 g/mol. The molecule has 0 fully saturated rings. The van der Waals surface area contributed by atoms with Crippen LogP contribution < -0.4 is 5.73 Å². The van der Waals surface area contributed by atoms with E-state index in [2.05, 4.69) is 59.8 Å². The van der Waals surface area contributed by atoms with Gasteiger partial charge in [-0.25, -0.2) is 4.98 Å². The minimum absolute atomic E-state index is 0.560. The number of aromatic nitrogens is 2. The molecule has 0 aliphatic rings. The Hall–Kier alpha value is -1.65. The Kier molecular flexibility index (Phi) is 3.83. The number of nitrogens with two attached hydrogens (primary N) is 1. The zero-order valence-corrected chi connectivity index (χ0v) is 13.6. The van der Waals surface area contributed by atoms with Crippen LogP contribution in [0.3, 0.4) is 0 Å². The molecule has 4 heteroatoms. The van der Waals surface area contributed by atoms with Gasteiger partial charge in [-0.3, -0.25) is 4.40 Å². The molecule has 110 valence electrons. The largest absolute Gasteiger partial charge is 0.330 e. The molecular formula is C17H21N3S. The van der Waals surface area contributed by atoms with E-state index in [1.165, 1.54) is 22.5 Å².